The van der Waals surface area contributed by atoms with Crippen LogP contribution in [0.4, 0.5) is 5.95 Å². The first-order valence-corrected chi connectivity index (χ1v) is 8.22. The summed E-state index contributed by atoms with van der Waals surface area (Å²) in [4.78, 5) is 4.48. The highest BCUT2D eigenvalue weighted by Crippen LogP contribution is 2.29. The van der Waals surface area contributed by atoms with Crippen molar-refractivity contribution in [2.45, 2.75) is 37.6 Å². The highest BCUT2D eigenvalue weighted by atomic mass is 32.2. The second-order valence-corrected chi connectivity index (χ2v) is 6.86. The van der Waals surface area contributed by atoms with Crippen molar-refractivity contribution in [2.24, 2.45) is 0 Å². The van der Waals surface area contributed by atoms with Crippen molar-refractivity contribution in [1.82, 2.24) is 9.55 Å². The first kappa shape index (κ1) is 13.9. The number of aromatic nitrogens is 2. The maximum Gasteiger partial charge on any atom is 0.201 e. The van der Waals surface area contributed by atoms with Crippen LogP contribution in [0.1, 0.15) is 32.7 Å². The molecule has 2 N–H and O–H groups in total. The Morgan fingerprint density at radius 3 is 2.68 bits per heavy atom. The van der Waals surface area contributed by atoms with Crippen LogP contribution in [0, 0.1) is 0 Å². The standard InChI is InChI=1S/C13H19N3O2S/c1-4-6-9(2)16-10-7-5-8-11(19(3,17)18)12(10)15-13(16)14/h5,7-9H,4,6H2,1-3H3,(H2,14,15). The van der Waals surface area contributed by atoms with E-state index in [4.69, 9.17) is 5.73 Å². The summed E-state index contributed by atoms with van der Waals surface area (Å²) in [5.74, 6) is 0.368. The molecule has 0 aliphatic heterocycles. The second-order valence-electron chi connectivity index (χ2n) is 4.87. The molecular weight excluding hydrogens is 262 g/mol. The Kier molecular flexibility index (Phi) is 3.54. The van der Waals surface area contributed by atoms with Crippen LogP contribution in [-0.4, -0.2) is 24.2 Å². The first-order chi connectivity index (χ1) is 8.86. The molecule has 0 fully saturated rings. The summed E-state index contributed by atoms with van der Waals surface area (Å²) in [6.07, 6.45) is 3.19. The van der Waals surface area contributed by atoms with Crippen LogP contribution in [0.15, 0.2) is 23.1 Å². The van der Waals surface area contributed by atoms with Gasteiger partial charge in [0.25, 0.3) is 0 Å². The Bertz CT molecular complexity index is 704. The van der Waals surface area contributed by atoms with Crippen molar-refractivity contribution in [3.63, 3.8) is 0 Å². The quantitative estimate of drug-likeness (QED) is 0.933. The molecule has 0 aliphatic rings. The normalized spacial score (nSPS) is 13.8. The maximum atomic E-state index is 11.8. The Hall–Kier alpha value is -1.56. The zero-order chi connectivity index (χ0) is 14.2. The van der Waals surface area contributed by atoms with Gasteiger partial charge < -0.3 is 10.3 Å². The van der Waals surface area contributed by atoms with Gasteiger partial charge in [-0.2, -0.15) is 0 Å². The van der Waals surface area contributed by atoms with Crippen molar-refractivity contribution in [2.75, 3.05) is 12.0 Å². The Labute approximate surface area is 113 Å². The lowest BCUT2D eigenvalue weighted by Crippen LogP contribution is -2.08. The van der Waals surface area contributed by atoms with Crippen LogP contribution in [0.2, 0.25) is 0 Å². The lowest BCUT2D eigenvalue weighted by molar-refractivity contribution is 0.518. The summed E-state index contributed by atoms with van der Waals surface area (Å²) < 4.78 is 25.5. The molecule has 0 saturated heterocycles. The van der Waals surface area contributed by atoms with Crippen LogP contribution in [0.25, 0.3) is 11.0 Å². The third kappa shape index (κ3) is 2.45. The number of rotatable bonds is 4. The van der Waals surface area contributed by atoms with Gasteiger partial charge in [-0.15, -0.1) is 0 Å². The predicted molar refractivity (Wildman–Crippen MR) is 76.9 cm³/mol. The summed E-state index contributed by atoms with van der Waals surface area (Å²) in [7, 11) is -3.30. The SMILES string of the molecule is CCCC(C)n1c(N)nc2c(S(C)(=O)=O)cccc21. The van der Waals surface area contributed by atoms with E-state index in [1.165, 1.54) is 6.26 Å². The van der Waals surface area contributed by atoms with E-state index in [0.717, 1.165) is 18.4 Å². The molecule has 1 unspecified atom stereocenters. The van der Waals surface area contributed by atoms with Crippen molar-refractivity contribution in [3.8, 4) is 0 Å². The minimum Gasteiger partial charge on any atom is -0.369 e. The third-order valence-corrected chi connectivity index (χ3v) is 4.39. The fraction of sp³-hybridized carbons (Fsp3) is 0.462. The zero-order valence-corrected chi connectivity index (χ0v) is 12.2. The van der Waals surface area contributed by atoms with E-state index in [1.54, 1.807) is 12.1 Å². The molecule has 104 valence electrons. The van der Waals surface area contributed by atoms with E-state index in [2.05, 4.69) is 18.8 Å². The number of hydrogen-bond acceptors (Lipinski definition) is 4. The summed E-state index contributed by atoms with van der Waals surface area (Å²) in [6.45, 7) is 4.17. The lowest BCUT2D eigenvalue weighted by atomic mass is 10.2. The van der Waals surface area contributed by atoms with Gasteiger partial charge in [0.05, 0.1) is 10.4 Å². The smallest absolute Gasteiger partial charge is 0.201 e. The molecule has 0 spiro atoms. The average molecular weight is 281 g/mol. The summed E-state index contributed by atoms with van der Waals surface area (Å²) in [5.41, 5.74) is 7.20. The van der Waals surface area contributed by atoms with Gasteiger partial charge in [-0.1, -0.05) is 19.4 Å². The number of benzene rings is 1. The van der Waals surface area contributed by atoms with Crippen LogP contribution in [0.5, 0.6) is 0 Å². The number of imidazole rings is 1. The van der Waals surface area contributed by atoms with Crippen LogP contribution >= 0.6 is 0 Å². The van der Waals surface area contributed by atoms with E-state index in [9.17, 15) is 8.42 Å². The molecule has 0 saturated carbocycles. The number of nitrogen functional groups attached to an aromatic ring is 1. The second kappa shape index (κ2) is 4.85. The fourth-order valence-corrected chi connectivity index (χ4v) is 3.25. The highest BCUT2D eigenvalue weighted by Gasteiger charge is 2.19. The van der Waals surface area contributed by atoms with E-state index < -0.39 is 9.84 Å². The fourth-order valence-electron chi connectivity index (χ4n) is 2.42. The van der Waals surface area contributed by atoms with Gasteiger partial charge >= 0.3 is 0 Å². The Balaban J connectivity index is 2.73. The van der Waals surface area contributed by atoms with Gasteiger partial charge in [0.2, 0.25) is 5.95 Å². The summed E-state index contributed by atoms with van der Waals surface area (Å²) in [6, 6.07) is 5.36. The summed E-state index contributed by atoms with van der Waals surface area (Å²) in [5, 5.41) is 0. The predicted octanol–water partition coefficient (Wildman–Crippen LogP) is 2.38. The number of fused-ring (bicyclic) bond motifs is 1. The van der Waals surface area contributed by atoms with E-state index in [0.29, 0.717) is 11.5 Å². The molecule has 1 aromatic carbocycles. The van der Waals surface area contributed by atoms with Crippen LogP contribution < -0.4 is 5.73 Å². The number of nitrogens with zero attached hydrogens (tertiary/aromatic N) is 2. The lowest BCUT2D eigenvalue weighted by Gasteiger charge is -2.14. The van der Waals surface area contributed by atoms with E-state index >= 15 is 0 Å². The van der Waals surface area contributed by atoms with Crippen LogP contribution in [-0.2, 0) is 9.84 Å². The number of hydrogen-bond donors (Lipinski definition) is 1. The average Bonchev–Trinajstić information content (AvgIpc) is 2.63. The molecule has 0 radical (unpaired) electrons. The number of anilines is 1. The van der Waals surface area contributed by atoms with Gasteiger partial charge in [0, 0.05) is 12.3 Å². The summed E-state index contributed by atoms with van der Waals surface area (Å²) >= 11 is 0. The molecule has 2 aromatic rings. The molecule has 1 aromatic heterocycles. The Morgan fingerprint density at radius 2 is 2.11 bits per heavy atom. The van der Waals surface area contributed by atoms with Gasteiger partial charge in [-0.05, 0) is 25.5 Å². The number of para-hydroxylation sites is 1. The number of sulfone groups is 1. The first-order valence-electron chi connectivity index (χ1n) is 6.32. The molecule has 2 rings (SSSR count). The molecule has 6 heteroatoms. The monoisotopic (exact) mass is 281 g/mol. The molecule has 19 heavy (non-hydrogen) atoms. The number of nitrogens with two attached hydrogens (primary N) is 1. The van der Waals surface area contributed by atoms with E-state index in [1.807, 2.05) is 10.6 Å². The van der Waals surface area contributed by atoms with Crippen molar-refractivity contribution in [1.29, 1.82) is 0 Å². The molecule has 0 bridgehead atoms. The van der Waals surface area contributed by atoms with Gasteiger partial charge in [0.15, 0.2) is 9.84 Å². The van der Waals surface area contributed by atoms with Gasteiger partial charge in [0.1, 0.15) is 5.52 Å². The minimum absolute atomic E-state index is 0.199. The molecular formula is C13H19N3O2S. The Morgan fingerprint density at radius 1 is 1.42 bits per heavy atom. The molecule has 1 atom stereocenters. The van der Waals surface area contributed by atoms with Crippen molar-refractivity contribution < 1.29 is 8.42 Å². The van der Waals surface area contributed by atoms with Gasteiger partial charge in [-0.3, -0.25) is 0 Å². The third-order valence-electron chi connectivity index (χ3n) is 3.26. The topological polar surface area (TPSA) is 78.0 Å². The molecule has 0 amide bonds. The maximum absolute atomic E-state index is 11.8. The minimum atomic E-state index is -3.30. The van der Waals surface area contributed by atoms with Gasteiger partial charge in [-0.25, -0.2) is 13.4 Å². The van der Waals surface area contributed by atoms with Crippen molar-refractivity contribution in [3.05, 3.63) is 18.2 Å². The zero-order valence-electron chi connectivity index (χ0n) is 11.4. The highest BCUT2D eigenvalue weighted by molar-refractivity contribution is 7.91. The molecule has 0 aliphatic carbocycles. The largest absolute Gasteiger partial charge is 0.369 e. The van der Waals surface area contributed by atoms with Crippen LogP contribution in [0.3, 0.4) is 0 Å². The molecule has 1 heterocycles. The van der Waals surface area contributed by atoms with Crippen molar-refractivity contribution >= 4 is 26.8 Å². The van der Waals surface area contributed by atoms with E-state index in [-0.39, 0.29) is 10.9 Å². The molecule has 5 nitrogen and oxygen atoms in total.